The summed E-state index contributed by atoms with van der Waals surface area (Å²) in [7, 11) is 0. The summed E-state index contributed by atoms with van der Waals surface area (Å²) in [5, 5.41) is 0.677. The monoisotopic (exact) mass is 288 g/mol. The van der Waals surface area contributed by atoms with Crippen LogP contribution in [0.1, 0.15) is 29.3 Å². The molecule has 0 aliphatic rings. The molecule has 2 nitrogen and oxygen atoms in total. The number of halogens is 1. The van der Waals surface area contributed by atoms with Crippen LogP contribution in [0, 0.1) is 0 Å². The molecule has 0 unspecified atom stereocenters. The summed E-state index contributed by atoms with van der Waals surface area (Å²) in [6.45, 7) is 2.71. The van der Waals surface area contributed by atoms with E-state index < -0.39 is 0 Å². The molecule has 0 aliphatic heterocycles. The Morgan fingerprint density at radius 1 is 1.15 bits per heavy atom. The molecule has 0 amide bonds. The summed E-state index contributed by atoms with van der Waals surface area (Å²) in [5.41, 5.74) is 1.63. The Morgan fingerprint density at radius 3 is 2.60 bits per heavy atom. The molecule has 20 heavy (non-hydrogen) atoms. The van der Waals surface area contributed by atoms with E-state index in [1.165, 1.54) is 0 Å². The SMILES string of the molecule is CCCOc1cccc(C(=O)Cc2ccc(Cl)cc2)c1. The number of hydrogen-bond donors (Lipinski definition) is 0. The Morgan fingerprint density at radius 2 is 1.90 bits per heavy atom. The van der Waals surface area contributed by atoms with E-state index in [4.69, 9.17) is 16.3 Å². The number of carbonyl (C=O) groups is 1. The van der Waals surface area contributed by atoms with E-state index >= 15 is 0 Å². The minimum atomic E-state index is 0.0780. The van der Waals surface area contributed by atoms with Gasteiger partial charge < -0.3 is 4.74 Å². The maximum Gasteiger partial charge on any atom is 0.167 e. The largest absolute Gasteiger partial charge is 0.494 e. The first-order valence-corrected chi connectivity index (χ1v) is 7.07. The number of hydrogen-bond acceptors (Lipinski definition) is 2. The molecule has 0 fully saturated rings. The third-order valence-corrected chi connectivity index (χ3v) is 3.16. The van der Waals surface area contributed by atoms with Crippen LogP contribution in [0.4, 0.5) is 0 Å². The highest BCUT2D eigenvalue weighted by Gasteiger charge is 2.08. The van der Waals surface area contributed by atoms with E-state index in [0.717, 1.165) is 17.7 Å². The van der Waals surface area contributed by atoms with Gasteiger partial charge in [0.25, 0.3) is 0 Å². The molecule has 0 spiro atoms. The van der Waals surface area contributed by atoms with Gasteiger partial charge >= 0.3 is 0 Å². The molecule has 0 aliphatic carbocycles. The second-order valence-corrected chi connectivity index (χ2v) is 5.04. The fourth-order valence-corrected chi connectivity index (χ4v) is 1.99. The van der Waals surface area contributed by atoms with Crippen molar-refractivity contribution in [3.63, 3.8) is 0 Å². The molecule has 3 heteroatoms. The highest BCUT2D eigenvalue weighted by molar-refractivity contribution is 6.30. The summed E-state index contributed by atoms with van der Waals surface area (Å²) in [5.74, 6) is 0.822. The van der Waals surface area contributed by atoms with Crippen molar-refractivity contribution >= 4 is 17.4 Å². The lowest BCUT2D eigenvalue weighted by Crippen LogP contribution is -2.04. The van der Waals surface area contributed by atoms with Gasteiger partial charge in [0.2, 0.25) is 0 Å². The fraction of sp³-hybridized carbons (Fsp3) is 0.235. The summed E-state index contributed by atoms with van der Waals surface area (Å²) in [4.78, 5) is 12.2. The molecule has 0 N–H and O–H groups in total. The van der Waals surface area contributed by atoms with E-state index in [2.05, 4.69) is 6.92 Å². The van der Waals surface area contributed by atoms with Gasteiger partial charge in [-0.25, -0.2) is 0 Å². The van der Waals surface area contributed by atoms with Gasteiger partial charge in [-0.15, -0.1) is 0 Å². The Hall–Kier alpha value is -1.80. The smallest absolute Gasteiger partial charge is 0.167 e. The van der Waals surface area contributed by atoms with E-state index in [9.17, 15) is 4.79 Å². The lowest BCUT2D eigenvalue weighted by atomic mass is 10.0. The third-order valence-electron chi connectivity index (χ3n) is 2.91. The summed E-state index contributed by atoms with van der Waals surface area (Å²) < 4.78 is 5.54. The maximum absolute atomic E-state index is 12.2. The van der Waals surface area contributed by atoms with E-state index in [0.29, 0.717) is 23.6 Å². The van der Waals surface area contributed by atoms with Crippen LogP contribution in [0.25, 0.3) is 0 Å². The molecule has 0 radical (unpaired) electrons. The first kappa shape index (κ1) is 14.6. The van der Waals surface area contributed by atoms with Crippen LogP contribution < -0.4 is 4.74 Å². The van der Waals surface area contributed by atoms with Gasteiger partial charge in [-0.1, -0.05) is 42.8 Å². The van der Waals surface area contributed by atoms with Crippen molar-refractivity contribution in [1.82, 2.24) is 0 Å². The highest BCUT2D eigenvalue weighted by Crippen LogP contribution is 2.16. The molecule has 0 saturated carbocycles. The zero-order chi connectivity index (χ0) is 14.4. The number of Topliss-reactive ketones (excluding diaryl/α,β-unsaturated/α-hetero) is 1. The minimum absolute atomic E-state index is 0.0780. The molecule has 0 saturated heterocycles. The Labute approximate surface area is 124 Å². The topological polar surface area (TPSA) is 26.3 Å². The predicted molar refractivity (Wildman–Crippen MR) is 81.7 cm³/mol. The zero-order valence-corrected chi connectivity index (χ0v) is 12.2. The molecule has 0 atom stereocenters. The summed E-state index contributed by atoms with van der Waals surface area (Å²) >= 11 is 5.83. The number of carbonyl (C=O) groups excluding carboxylic acids is 1. The average Bonchev–Trinajstić information content (AvgIpc) is 2.48. The van der Waals surface area contributed by atoms with Crippen LogP contribution >= 0.6 is 11.6 Å². The first-order chi connectivity index (χ1) is 9.69. The molecule has 0 bridgehead atoms. The molecular formula is C17H17ClO2. The minimum Gasteiger partial charge on any atom is -0.494 e. The molecule has 2 rings (SSSR count). The summed E-state index contributed by atoms with van der Waals surface area (Å²) in [6, 6.07) is 14.7. The molecule has 2 aromatic carbocycles. The van der Waals surface area contributed by atoms with E-state index in [1.54, 1.807) is 18.2 Å². The highest BCUT2D eigenvalue weighted by atomic mass is 35.5. The van der Waals surface area contributed by atoms with Crippen molar-refractivity contribution < 1.29 is 9.53 Å². The molecule has 104 valence electrons. The number of ether oxygens (including phenoxy) is 1. The summed E-state index contributed by atoms with van der Waals surface area (Å²) in [6.07, 6.45) is 1.32. The van der Waals surface area contributed by atoms with Gasteiger partial charge in [0, 0.05) is 17.0 Å². The third kappa shape index (κ3) is 4.10. The molecular weight excluding hydrogens is 272 g/mol. The first-order valence-electron chi connectivity index (χ1n) is 6.69. The van der Waals surface area contributed by atoms with E-state index in [1.807, 2.05) is 30.3 Å². The van der Waals surface area contributed by atoms with E-state index in [-0.39, 0.29) is 5.78 Å². The lowest BCUT2D eigenvalue weighted by molar-refractivity contribution is 0.0992. The van der Waals surface area contributed by atoms with Crippen molar-refractivity contribution in [1.29, 1.82) is 0 Å². The second kappa shape index (κ2) is 7.11. The predicted octanol–water partition coefficient (Wildman–Crippen LogP) is 4.55. The maximum atomic E-state index is 12.2. The fourth-order valence-electron chi connectivity index (χ4n) is 1.87. The van der Waals surface area contributed by atoms with Gasteiger partial charge in [-0.3, -0.25) is 4.79 Å². The van der Waals surface area contributed by atoms with Gasteiger partial charge in [-0.05, 0) is 36.2 Å². The molecule has 0 heterocycles. The van der Waals surface area contributed by atoms with Crippen molar-refractivity contribution in [2.45, 2.75) is 19.8 Å². The van der Waals surface area contributed by atoms with Crippen LogP contribution in [0.3, 0.4) is 0 Å². The van der Waals surface area contributed by atoms with Gasteiger partial charge in [0.1, 0.15) is 5.75 Å². The van der Waals surface area contributed by atoms with Crippen molar-refractivity contribution in [3.05, 3.63) is 64.7 Å². The van der Waals surface area contributed by atoms with Crippen LogP contribution in [-0.4, -0.2) is 12.4 Å². The van der Waals surface area contributed by atoms with Gasteiger partial charge in [0.15, 0.2) is 5.78 Å². The van der Waals surface area contributed by atoms with Crippen LogP contribution in [0.15, 0.2) is 48.5 Å². The van der Waals surface area contributed by atoms with Gasteiger partial charge in [-0.2, -0.15) is 0 Å². The quantitative estimate of drug-likeness (QED) is 0.729. The van der Waals surface area contributed by atoms with Crippen LogP contribution in [0.5, 0.6) is 5.75 Å². The standard InChI is InChI=1S/C17H17ClO2/c1-2-10-20-16-5-3-4-14(12-16)17(19)11-13-6-8-15(18)9-7-13/h3-9,12H,2,10-11H2,1H3. The average molecular weight is 289 g/mol. The van der Waals surface area contributed by atoms with Crippen molar-refractivity contribution in [2.24, 2.45) is 0 Å². The Kier molecular flexibility index (Phi) is 5.19. The Balaban J connectivity index is 2.06. The van der Waals surface area contributed by atoms with Crippen LogP contribution in [0.2, 0.25) is 5.02 Å². The Bertz CT molecular complexity index is 576. The molecule has 2 aromatic rings. The number of ketones is 1. The van der Waals surface area contributed by atoms with Crippen LogP contribution in [-0.2, 0) is 6.42 Å². The van der Waals surface area contributed by atoms with Gasteiger partial charge in [0.05, 0.1) is 6.61 Å². The molecule has 0 aromatic heterocycles. The second-order valence-electron chi connectivity index (χ2n) is 4.60. The number of rotatable bonds is 6. The normalized spacial score (nSPS) is 10.3. The zero-order valence-electron chi connectivity index (χ0n) is 11.4. The van der Waals surface area contributed by atoms with Crippen molar-refractivity contribution in [2.75, 3.05) is 6.61 Å². The number of benzene rings is 2. The van der Waals surface area contributed by atoms with Crippen molar-refractivity contribution in [3.8, 4) is 5.75 Å². The lowest BCUT2D eigenvalue weighted by Gasteiger charge is -2.07.